The smallest absolute Gasteiger partial charge is 0.330 e. The van der Waals surface area contributed by atoms with Crippen molar-refractivity contribution >= 4 is 17.4 Å². The molecule has 3 N–H and O–H groups in total. The van der Waals surface area contributed by atoms with Crippen molar-refractivity contribution in [2.75, 3.05) is 23.7 Å². The zero-order chi connectivity index (χ0) is 22.7. The number of aromatic amines is 1. The van der Waals surface area contributed by atoms with Gasteiger partial charge in [-0.1, -0.05) is 50.5 Å². The fourth-order valence-corrected chi connectivity index (χ4v) is 4.98. The van der Waals surface area contributed by atoms with Crippen LogP contribution in [0.15, 0.2) is 33.9 Å². The molecule has 1 aromatic carbocycles. The Bertz CT molecular complexity index is 1080. The van der Waals surface area contributed by atoms with Crippen LogP contribution in [0.4, 0.5) is 11.5 Å². The molecular weight excluding hydrogens is 406 g/mol. The van der Waals surface area contributed by atoms with Crippen LogP contribution in [0, 0.1) is 0 Å². The van der Waals surface area contributed by atoms with Gasteiger partial charge in [-0.15, -0.1) is 0 Å². The van der Waals surface area contributed by atoms with E-state index in [1.54, 1.807) is 4.90 Å². The summed E-state index contributed by atoms with van der Waals surface area (Å²) in [6, 6.07) is 8.24. The number of benzene rings is 1. The molecule has 2 aliphatic rings. The summed E-state index contributed by atoms with van der Waals surface area (Å²) in [4.78, 5) is 45.0. The lowest BCUT2D eigenvalue weighted by Gasteiger charge is -2.34. The number of unbranched alkanes of at least 4 members (excludes halogenated alkanes) is 1. The normalized spacial score (nSPS) is 16.8. The minimum atomic E-state index is -0.579. The molecular formula is C24H33N5O3. The number of nitrogens with two attached hydrogens (primary N) is 1. The standard InChI is InChI=1S/C24H33N5O3/c1-2-3-13-28-22(25)21(23(31)26-24(28)32)29(19-10-6-7-11-19)20(30)16-27-14-12-17-8-4-5-9-18(17)15-27/h4-5,8-9,19H,2-3,6-7,10-16,25H2,1H3,(H,26,31,32). The number of H-pyrrole nitrogens is 1. The van der Waals surface area contributed by atoms with Gasteiger partial charge in [0.05, 0.1) is 6.54 Å². The largest absolute Gasteiger partial charge is 0.383 e. The lowest BCUT2D eigenvalue weighted by molar-refractivity contribution is -0.120. The number of aromatic nitrogens is 2. The molecule has 0 unspecified atom stereocenters. The van der Waals surface area contributed by atoms with E-state index in [0.717, 1.165) is 51.5 Å². The van der Waals surface area contributed by atoms with Gasteiger partial charge < -0.3 is 10.6 Å². The van der Waals surface area contributed by atoms with Crippen LogP contribution in [0.3, 0.4) is 0 Å². The van der Waals surface area contributed by atoms with Crippen molar-refractivity contribution in [3.63, 3.8) is 0 Å². The van der Waals surface area contributed by atoms with E-state index in [-0.39, 0.29) is 30.0 Å². The van der Waals surface area contributed by atoms with Crippen molar-refractivity contribution in [3.05, 3.63) is 56.2 Å². The maximum atomic E-state index is 13.6. The SMILES string of the molecule is CCCCn1c(N)c(N(C(=O)CN2CCc3ccccc3C2)C2CCCC2)c(=O)[nH]c1=O. The van der Waals surface area contributed by atoms with Crippen LogP contribution >= 0.6 is 0 Å². The summed E-state index contributed by atoms with van der Waals surface area (Å²) >= 11 is 0. The third kappa shape index (κ3) is 4.50. The van der Waals surface area contributed by atoms with E-state index >= 15 is 0 Å². The first kappa shape index (κ1) is 22.3. The van der Waals surface area contributed by atoms with E-state index in [1.807, 2.05) is 19.1 Å². The predicted octanol–water partition coefficient (Wildman–Crippen LogP) is 2.25. The van der Waals surface area contributed by atoms with Crippen molar-refractivity contribution in [1.29, 1.82) is 0 Å². The first-order valence-electron chi connectivity index (χ1n) is 11.7. The molecule has 0 radical (unpaired) electrons. The van der Waals surface area contributed by atoms with Gasteiger partial charge in [0.1, 0.15) is 5.82 Å². The van der Waals surface area contributed by atoms with Gasteiger partial charge in [-0.3, -0.25) is 24.0 Å². The highest BCUT2D eigenvalue weighted by atomic mass is 16.2. The number of hydrogen-bond acceptors (Lipinski definition) is 5. The van der Waals surface area contributed by atoms with Gasteiger partial charge in [0.25, 0.3) is 5.56 Å². The molecule has 172 valence electrons. The summed E-state index contributed by atoms with van der Waals surface area (Å²) in [5, 5.41) is 0. The van der Waals surface area contributed by atoms with Gasteiger partial charge in [0, 0.05) is 25.7 Å². The topological polar surface area (TPSA) is 104 Å². The monoisotopic (exact) mass is 439 g/mol. The Balaban J connectivity index is 1.64. The second-order valence-electron chi connectivity index (χ2n) is 8.93. The third-order valence-electron chi connectivity index (χ3n) is 6.72. The number of rotatable bonds is 7. The fourth-order valence-electron chi connectivity index (χ4n) is 4.98. The van der Waals surface area contributed by atoms with Gasteiger partial charge in [-0.2, -0.15) is 0 Å². The number of anilines is 2. The number of nitrogens with zero attached hydrogens (tertiary/aromatic N) is 3. The number of nitrogens with one attached hydrogen (secondary N) is 1. The van der Waals surface area contributed by atoms with Crippen molar-refractivity contribution in [1.82, 2.24) is 14.5 Å². The number of hydrogen-bond donors (Lipinski definition) is 2. The minimum Gasteiger partial charge on any atom is -0.383 e. The molecule has 1 amide bonds. The minimum absolute atomic E-state index is 0.0693. The molecule has 1 saturated carbocycles. The van der Waals surface area contributed by atoms with Crippen LogP contribution in [0.2, 0.25) is 0 Å². The van der Waals surface area contributed by atoms with Crippen molar-refractivity contribution in [2.45, 2.75) is 71.0 Å². The second kappa shape index (κ2) is 9.73. The van der Waals surface area contributed by atoms with E-state index in [2.05, 4.69) is 22.0 Å². The Morgan fingerprint density at radius 1 is 1.19 bits per heavy atom. The maximum Gasteiger partial charge on any atom is 0.330 e. The number of carbonyl (C=O) groups excluding carboxylic acids is 1. The fraction of sp³-hybridized carbons (Fsp3) is 0.542. The summed E-state index contributed by atoms with van der Waals surface area (Å²) < 4.78 is 1.40. The van der Waals surface area contributed by atoms with Crippen LogP contribution in [0.25, 0.3) is 0 Å². The molecule has 4 rings (SSSR count). The van der Waals surface area contributed by atoms with E-state index in [4.69, 9.17) is 5.73 Å². The van der Waals surface area contributed by atoms with E-state index < -0.39 is 11.2 Å². The molecule has 0 atom stereocenters. The van der Waals surface area contributed by atoms with Gasteiger partial charge in [0.2, 0.25) is 5.91 Å². The summed E-state index contributed by atoms with van der Waals surface area (Å²) in [6.45, 7) is 4.17. The summed E-state index contributed by atoms with van der Waals surface area (Å²) in [6.07, 6.45) is 6.25. The maximum absolute atomic E-state index is 13.6. The lowest BCUT2D eigenvalue weighted by atomic mass is 10.00. The van der Waals surface area contributed by atoms with E-state index in [0.29, 0.717) is 13.1 Å². The molecule has 1 aliphatic carbocycles. The molecule has 8 nitrogen and oxygen atoms in total. The summed E-state index contributed by atoms with van der Waals surface area (Å²) in [7, 11) is 0. The Labute approximate surface area is 188 Å². The zero-order valence-electron chi connectivity index (χ0n) is 18.8. The Hall–Kier alpha value is -2.87. The first-order valence-corrected chi connectivity index (χ1v) is 11.7. The Morgan fingerprint density at radius 2 is 1.91 bits per heavy atom. The van der Waals surface area contributed by atoms with Gasteiger partial charge >= 0.3 is 5.69 Å². The van der Waals surface area contributed by atoms with Crippen molar-refractivity contribution < 1.29 is 4.79 Å². The predicted molar refractivity (Wildman–Crippen MR) is 126 cm³/mol. The van der Waals surface area contributed by atoms with Crippen LogP contribution in [-0.4, -0.2) is 39.5 Å². The van der Waals surface area contributed by atoms with Crippen LogP contribution in [-0.2, 0) is 24.3 Å². The Morgan fingerprint density at radius 3 is 2.62 bits per heavy atom. The molecule has 1 aromatic heterocycles. The lowest BCUT2D eigenvalue weighted by Crippen LogP contribution is -2.49. The zero-order valence-corrected chi connectivity index (χ0v) is 18.8. The average molecular weight is 440 g/mol. The third-order valence-corrected chi connectivity index (χ3v) is 6.72. The number of amides is 1. The molecule has 2 heterocycles. The van der Waals surface area contributed by atoms with Crippen molar-refractivity contribution in [3.8, 4) is 0 Å². The quantitative estimate of drug-likeness (QED) is 0.689. The molecule has 32 heavy (non-hydrogen) atoms. The van der Waals surface area contributed by atoms with Gasteiger partial charge in [0.15, 0.2) is 5.69 Å². The van der Waals surface area contributed by atoms with E-state index in [1.165, 1.54) is 15.7 Å². The molecule has 1 fully saturated rings. The summed E-state index contributed by atoms with van der Waals surface area (Å²) in [5.41, 5.74) is 7.97. The van der Waals surface area contributed by atoms with E-state index in [9.17, 15) is 14.4 Å². The molecule has 0 bridgehead atoms. The molecule has 0 spiro atoms. The van der Waals surface area contributed by atoms with Gasteiger partial charge in [-0.25, -0.2) is 4.79 Å². The van der Waals surface area contributed by atoms with Crippen LogP contribution in [0.5, 0.6) is 0 Å². The highest BCUT2D eigenvalue weighted by molar-refractivity contribution is 5.97. The number of carbonyl (C=O) groups is 1. The van der Waals surface area contributed by atoms with Gasteiger partial charge in [-0.05, 0) is 36.8 Å². The second-order valence-corrected chi connectivity index (χ2v) is 8.93. The van der Waals surface area contributed by atoms with Crippen LogP contribution < -0.4 is 21.9 Å². The summed E-state index contributed by atoms with van der Waals surface area (Å²) in [5.74, 6) is -0.0365. The average Bonchev–Trinajstić information content (AvgIpc) is 3.30. The first-order chi connectivity index (χ1) is 15.5. The molecule has 8 heteroatoms. The Kier molecular flexibility index (Phi) is 6.79. The highest BCUT2D eigenvalue weighted by Crippen LogP contribution is 2.30. The number of fused-ring (bicyclic) bond motifs is 1. The molecule has 0 saturated heterocycles. The number of nitrogen functional groups attached to an aromatic ring is 1. The highest BCUT2D eigenvalue weighted by Gasteiger charge is 2.33. The van der Waals surface area contributed by atoms with Crippen LogP contribution in [0.1, 0.15) is 56.6 Å². The molecule has 2 aromatic rings. The van der Waals surface area contributed by atoms with Crippen molar-refractivity contribution in [2.24, 2.45) is 0 Å². The molecule has 1 aliphatic heterocycles.